The zero-order valence-electron chi connectivity index (χ0n) is 11.9. The van der Waals surface area contributed by atoms with Gasteiger partial charge in [-0.2, -0.15) is 0 Å². The van der Waals surface area contributed by atoms with Crippen LogP contribution in [-0.2, 0) is 4.74 Å². The molecule has 1 aliphatic heterocycles. The van der Waals surface area contributed by atoms with Gasteiger partial charge in [-0.3, -0.25) is 4.79 Å². The molecule has 0 aliphatic carbocycles. The van der Waals surface area contributed by atoms with E-state index in [2.05, 4.69) is 19.2 Å². The third kappa shape index (κ3) is 3.16. The number of hydrogen-bond donors (Lipinski definition) is 1. The van der Waals surface area contributed by atoms with E-state index in [0.29, 0.717) is 25.7 Å². The lowest BCUT2D eigenvalue weighted by molar-refractivity contribution is -0.0200. The van der Waals surface area contributed by atoms with Gasteiger partial charge in [-0.1, -0.05) is 0 Å². The van der Waals surface area contributed by atoms with Crippen LogP contribution < -0.4 is 5.32 Å². The second-order valence-electron chi connectivity index (χ2n) is 5.20. The van der Waals surface area contributed by atoms with Crippen LogP contribution in [0.1, 0.15) is 30.4 Å². The van der Waals surface area contributed by atoms with Gasteiger partial charge in [-0.05, 0) is 33.0 Å². The lowest BCUT2D eigenvalue weighted by Crippen LogP contribution is -2.49. The Balaban J connectivity index is 2.08. The highest BCUT2D eigenvalue weighted by molar-refractivity contribution is 5.93. The van der Waals surface area contributed by atoms with Crippen LogP contribution in [0.2, 0.25) is 0 Å². The SMILES string of the molecule is CNCC1CN(C(=O)c2cccn2C(C)C)CCO1. The molecule has 2 heterocycles. The van der Waals surface area contributed by atoms with Gasteiger partial charge in [0, 0.05) is 31.9 Å². The molecule has 1 unspecified atom stereocenters. The first kappa shape index (κ1) is 14.1. The largest absolute Gasteiger partial charge is 0.373 e. The molecule has 5 heteroatoms. The standard InChI is InChI=1S/C14H23N3O2/c1-11(2)17-6-4-5-13(17)14(18)16-7-8-19-12(10-16)9-15-3/h4-6,11-12,15H,7-10H2,1-3H3. The Morgan fingerprint density at radius 1 is 1.58 bits per heavy atom. The minimum atomic E-state index is 0.0881. The van der Waals surface area contributed by atoms with Crippen molar-refractivity contribution >= 4 is 5.91 Å². The number of hydrogen-bond acceptors (Lipinski definition) is 3. The molecule has 1 atom stereocenters. The molecule has 0 bridgehead atoms. The number of nitrogens with zero attached hydrogens (tertiary/aromatic N) is 2. The number of carbonyl (C=O) groups is 1. The fourth-order valence-corrected chi connectivity index (χ4v) is 2.44. The van der Waals surface area contributed by atoms with Crippen LogP contribution in [0.4, 0.5) is 0 Å². The Morgan fingerprint density at radius 3 is 3.05 bits per heavy atom. The zero-order chi connectivity index (χ0) is 13.8. The summed E-state index contributed by atoms with van der Waals surface area (Å²) >= 11 is 0. The molecule has 19 heavy (non-hydrogen) atoms. The molecule has 1 fully saturated rings. The fourth-order valence-electron chi connectivity index (χ4n) is 2.44. The summed E-state index contributed by atoms with van der Waals surface area (Å²) in [5.41, 5.74) is 0.764. The van der Waals surface area contributed by atoms with E-state index in [-0.39, 0.29) is 12.0 Å². The monoisotopic (exact) mass is 265 g/mol. The van der Waals surface area contributed by atoms with Crippen molar-refractivity contribution in [1.29, 1.82) is 0 Å². The summed E-state index contributed by atoms with van der Waals surface area (Å²) in [7, 11) is 1.90. The van der Waals surface area contributed by atoms with Gasteiger partial charge in [-0.15, -0.1) is 0 Å². The first-order valence-electron chi connectivity index (χ1n) is 6.85. The van der Waals surface area contributed by atoms with Gasteiger partial charge in [0.1, 0.15) is 5.69 Å². The van der Waals surface area contributed by atoms with Crippen LogP contribution in [0.5, 0.6) is 0 Å². The fraction of sp³-hybridized carbons (Fsp3) is 0.643. The molecule has 1 aliphatic rings. The summed E-state index contributed by atoms with van der Waals surface area (Å²) < 4.78 is 7.65. The van der Waals surface area contributed by atoms with E-state index < -0.39 is 0 Å². The van der Waals surface area contributed by atoms with Crippen molar-refractivity contribution in [1.82, 2.24) is 14.8 Å². The van der Waals surface area contributed by atoms with Crippen LogP contribution in [-0.4, -0.2) is 54.8 Å². The number of morpholine rings is 1. The molecule has 1 amide bonds. The summed E-state index contributed by atoms with van der Waals surface area (Å²) in [5, 5.41) is 3.09. The van der Waals surface area contributed by atoms with Gasteiger partial charge in [0.2, 0.25) is 0 Å². The minimum absolute atomic E-state index is 0.0881. The molecule has 0 saturated carbocycles. The van der Waals surface area contributed by atoms with Gasteiger partial charge in [0.15, 0.2) is 0 Å². The normalized spacial score (nSPS) is 20.0. The van der Waals surface area contributed by atoms with Crippen molar-refractivity contribution in [2.75, 3.05) is 33.3 Å². The van der Waals surface area contributed by atoms with Crippen LogP contribution in [0.25, 0.3) is 0 Å². The molecule has 1 aromatic heterocycles. The molecule has 106 valence electrons. The van der Waals surface area contributed by atoms with E-state index in [1.54, 1.807) is 0 Å². The molecule has 0 radical (unpaired) electrons. The number of ether oxygens (including phenoxy) is 1. The van der Waals surface area contributed by atoms with Crippen molar-refractivity contribution in [3.05, 3.63) is 24.0 Å². The van der Waals surface area contributed by atoms with E-state index in [9.17, 15) is 4.79 Å². The van der Waals surface area contributed by atoms with E-state index in [4.69, 9.17) is 4.74 Å². The third-order valence-corrected chi connectivity index (χ3v) is 3.41. The predicted molar refractivity (Wildman–Crippen MR) is 74.4 cm³/mol. The van der Waals surface area contributed by atoms with Crippen molar-refractivity contribution < 1.29 is 9.53 Å². The van der Waals surface area contributed by atoms with E-state index in [0.717, 1.165) is 12.2 Å². The maximum Gasteiger partial charge on any atom is 0.270 e. The summed E-state index contributed by atoms with van der Waals surface area (Å²) in [6, 6.07) is 4.12. The number of nitrogens with one attached hydrogen (secondary N) is 1. The Morgan fingerprint density at radius 2 is 2.37 bits per heavy atom. The summed E-state index contributed by atoms with van der Waals surface area (Å²) in [6.07, 6.45) is 2.05. The second kappa shape index (κ2) is 6.21. The maximum atomic E-state index is 12.6. The zero-order valence-corrected chi connectivity index (χ0v) is 11.9. The number of rotatable bonds is 4. The van der Waals surface area contributed by atoms with Gasteiger partial charge in [0.05, 0.1) is 12.7 Å². The quantitative estimate of drug-likeness (QED) is 0.887. The van der Waals surface area contributed by atoms with Crippen molar-refractivity contribution in [3.8, 4) is 0 Å². The lowest BCUT2D eigenvalue weighted by Gasteiger charge is -2.33. The smallest absolute Gasteiger partial charge is 0.270 e. The lowest BCUT2D eigenvalue weighted by atomic mass is 10.2. The molecule has 0 aromatic carbocycles. The highest BCUT2D eigenvalue weighted by Gasteiger charge is 2.26. The molecule has 0 spiro atoms. The predicted octanol–water partition coefficient (Wildman–Crippen LogP) is 1.13. The minimum Gasteiger partial charge on any atom is -0.373 e. The molecule has 2 rings (SSSR count). The van der Waals surface area contributed by atoms with Crippen LogP contribution in [0, 0.1) is 0 Å². The molecule has 1 aromatic rings. The van der Waals surface area contributed by atoms with E-state index in [1.165, 1.54) is 0 Å². The van der Waals surface area contributed by atoms with Crippen LogP contribution in [0.15, 0.2) is 18.3 Å². The van der Waals surface area contributed by atoms with Gasteiger partial charge >= 0.3 is 0 Å². The molecule has 1 saturated heterocycles. The van der Waals surface area contributed by atoms with Crippen molar-refractivity contribution in [3.63, 3.8) is 0 Å². The maximum absolute atomic E-state index is 12.6. The first-order valence-corrected chi connectivity index (χ1v) is 6.85. The van der Waals surface area contributed by atoms with Gasteiger partial charge in [0.25, 0.3) is 5.91 Å². The summed E-state index contributed by atoms with van der Waals surface area (Å²) in [6.45, 7) is 6.88. The number of amides is 1. The Kier molecular flexibility index (Phi) is 4.61. The topological polar surface area (TPSA) is 46.5 Å². The number of carbonyl (C=O) groups excluding carboxylic acids is 1. The third-order valence-electron chi connectivity index (χ3n) is 3.41. The number of aromatic nitrogens is 1. The van der Waals surface area contributed by atoms with Crippen LogP contribution in [0.3, 0.4) is 0 Å². The summed E-state index contributed by atoms with van der Waals surface area (Å²) in [4.78, 5) is 14.5. The number of likely N-dealkylation sites (N-methyl/N-ethyl adjacent to an activating group) is 1. The Labute approximate surface area is 114 Å². The van der Waals surface area contributed by atoms with Crippen LogP contribution >= 0.6 is 0 Å². The average molecular weight is 265 g/mol. The Bertz CT molecular complexity index is 426. The second-order valence-corrected chi connectivity index (χ2v) is 5.20. The van der Waals surface area contributed by atoms with Gasteiger partial charge < -0.3 is 19.5 Å². The van der Waals surface area contributed by atoms with Gasteiger partial charge in [-0.25, -0.2) is 0 Å². The van der Waals surface area contributed by atoms with Crippen molar-refractivity contribution in [2.24, 2.45) is 0 Å². The Hall–Kier alpha value is -1.33. The molecular formula is C14H23N3O2. The molecular weight excluding hydrogens is 242 g/mol. The van der Waals surface area contributed by atoms with Crippen molar-refractivity contribution in [2.45, 2.75) is 26.0 Å². The summed E-state index contributed by atoms with van der Waals surface area (Å²) in [5.74, 6) is 0.100. The first-order chi connectivity index (χ1) is 9.13. The van der Waals surface area contributed by atoms with E-state index >= 15 is 0 Å². The average Bonchev–Trinajstić information content (AvgIpc) is 2.88. The van der Waals surface area contributed by atoms with E-state index in [1.807, 2.05) is 34.8 Å². The highest BCUT2D eigenvalue weighted by Crippen LogP contribution is 2.15. The molecule has 5 nitrogen and oxygen atoms in total. The highest BCUT2D eigenvalue weighted by atomic mass is 16.5. The molecule has 1 N–H and O–H groups in total.